The first kappa shape index (κ1) is 30.3. The van der Waals surface area contributed by atoms with Gasteiger partial charge in [0.2, 0.25) is 0 Å². The summed E-state index contributed by atoms with van der Waals surface area (Å²) in [5, 5.41) is 6.31. The first-order valence-electron chi connectivity index (χ1n) is 15.7. The minimum Gasteiger partial charge on any atom is -0.456 e. The van der Waals surface area contributed by atoms with Crippen molar-refractivity contribution in [3.8, 4) is 11.1 Å². The van der Waals surface area contributed by atoms with E-state index in [1.165, 1.54) is 19.3 Å². The number of unbranched alkanes of at least 4 members (excludes halogenated alkanes) is 1. The number of carbonyl (C=O) groups excluding carboxylic acids is 2. The molecule has 7 heteroatoms. The quantitative estimate of drug-likeness (QED) is 0.194. The highest BCUT2D eigenvalue weighted by atomic mass is 16.6. The number of ether oxygens (including phenoxy) is 1. The summed E-state index contributed by atoms with van der Waals surface area (Å²) in [6.45, 7) is 8.43. The molecule has 0 unspecified atom stereocenters. The van der Waals surface area contributed by atoms with Gasteiger partial charge in [-0.3, -0.25) is 0 Å². The number of hydrogen-bond acceptors (Lipinski definition) is 4. The van der Waals surface area contributed by atoms with E-state index in [1.54, 1.807) is 0 Å². The van der Waals surface area contributed by atoms with Gasteiger partial charge < -0.3 is 19.9 Å². The maximum absolute atomic E-state index is 13.0. The zero-order valence-corrected chi connectivity index (χ0v) is 25.9. The first-order chi connectivity index (χ1) is 20.7. The van der Waals surface area contributed by atoms with Gasteiger partial charge in [0.1, 0.15) is 11.4 Å². The van der Waals surface area contributed by atoms with Crippen molar-refractivity contribution in [2.75, 3.05) is 5.32 Å². The van der Waals surface area contributed by atoms with Crippen molar-refractivity contribution in [1.29, 1.82) is 0 Å². The molecule has 43 heavy (non-hydrogen) atoms. The van der Waals surface area contributed by atoms with Gasteiger partial charge >= 0.3 is 12.0 Å². The van der Waals surface area contributed by atoms with Gasteiger partial charge in [-0.25, -0.2) is 14.6 Å². The van der Waals surface area contributed by atoms with Crippen molar-refractivity contribution in [2.45, 2.75) is 97.2 Å². The second-order valence-electron chi connectivity index (χ2n) is 12.6. The summed E-state index contributed by atoms with van der Waals surface area (Å²) in [5.41, 5.74) is 5.47. The molecule has 7 nitrogen and oxygen atoms in total. The van der Waals surface area contributed by atoms with E-state index in [4.69, 9.17) is 9.72 Å². The van der Waals surface area contributed by atoms with Gasteiger partial charge in [-0.1, -0.05) is 81.1 Å². The van der Waals surface area contributed by atoms with E-state index >= 15 is 0 Å². The van der Waals surface area contributed by atoms with Crippen molar-refractivity contribution in [3.63, 3.8) is 0 Å². The molecule has 5 rings (SSSR count). The predicted molar refractivity (Wildman–Crippen MR) is 174 cm³/mol. The molecule has 1 aromatic heterocycles. The van der Waals surface area contributed by atoms with Crippen LogP contribution in [-0.4, -0.2) is 33.2 Å². The molecule has 0 saturated heterocycles. The lowest BCUT2D eigenvalue weighted by molar-refractivity contribution is 0.00704. The molecule has 0 bridgehead atoms. The van der Waals surface area contributed by atoms with Crippen molar-refractivity contribution < 1.29 is 14.3 Å². The summed E-state index contributed by atoms with van der Waals surface area (Å²) in [4.78, 5) is 30.9. The van der Waals surface area contributed by atoms with E-state index in [2.05, 4.69) is 46.4 Å². The first-order valence-corrected chi connectivity index (χ1v) is 15.7. The Balaban J connectivity index is 1.42. The maximum atomic E-state index is 13.0. The van der Waals surface area contributed by atoms with Gasteiger partial charge in [-0.05, 0) is 74.9 Å². The molecule has 226 valence electrons. The number of imidazole rings is 1. The lowest BCUT2D eigenvalue weighted by Gasteiger charge is -2.23. The zero-order valence-electron chi connectivity index (χ0n) is 25.9. The number of nitrogens with one attached hydrogen (secondary N) is 2. The Bertz CT molecular complexity index is 1560. The number of aromatic nitrogens is 2. The highest BCUT2D eigenvalue weighted by molar-refractivity contribution is 5.99. The van der Waals surface area contributed by atoms with E-state index < -0.39 is 5.60 Å². The van der Waals surface area contributed by atoms with Crippen molar-refractivity contribution in [1.82, 2.24) is 14.9 Å². The molecule has 0 aliphatic heterocycles. The van der Waals surface area contributed by atoms with Crippen molar-refractivity contribution >= 4 is 28.7 Å². The Kier molecular flexibility index (Phi) is 9.49. The highest BCUT2D eigenvalue weighted by Crippen LogP contribution is 2.29. The summed E-state index contributed by atoms with van der Waals surface area (Å²) >= 11 is 0. The topological polar surface area (TPSA) is 85.3 Å². The Labute approximate surface area is 255 Å². The molecule has 1 aliphatic rings. The number of rotatable bonds is 9. The Morgan fingerprint density at radius 2 is 1.70 bits per heavy atom. The number of benzene rings is 3. The Morgan fingerprint density at radius 1 is 0.953 bits per heavy atom. The van der Waals surface area contributed by atoms with Crippen LogP contribution in [0.5, 0.6) is 0 Å². The average molecular weight is 581 g/mol. The number of aryl methyl sites for hydroxylation is 1. The molecule has 1 aliphatic carbocycles. The normalized spacial score (nSPS) is 14.0. The second-order valence-corrected chi connectivity index (χ2v) is 12.6. The van der Waals surface area contributed by atoms with Crippen LogP contribution in [0.15, 0.2) is 66.7 Å². The second kappa shape index (κ2) is 13.4. The number of nitrogens with zero attached hydrogens (tertiary/aromatic N) is 2. The SMILES string of the molecule is CCCCc1nc2cccc(NC(=O)NC3CCCCC3)c2n1Cc1ccc(-c2ccccc2C(=O)OC(C)(C)C)cc1. The molecule has 1 fully saturated rings. The molecule has 0 radical (unpaired) electrons. The van der Waals surface area contributed by atoms with Gasteiger partial charge in [-0.15, -0.1) is 0 Å². The van der Waals surface area contributed by atoms with Crippen LogP contribution in [0, 0.1) is 0 Å². The molecular formula is C36H44N4O3. The standard InChI is InChI=1S/C36H44N4O3/c1-5-6-19-32-38-30-17-12-18-31(39-35(42)37-27-13-8-7-9-14-27)33(30)40(32)24-25-20-22-26(23-21-25)28-15-10-11-16-29(28)34(41)43-36(2,3)4/h10-12,15-18,20-23,27H,5-9,13-14,19,24H2,1-4H3,(H2,37,39,42). The average Bonchev–Trinajstić information content (AvgIpc) is 3.34. The van der Waals surface area contributed by atoms with Crippen LogP contribution in [0.2, 0.25) is 0 Å². The maximum Gasteiger partial charge on any atom is 0.339 e. The zero-order chi connectivity index (χ0) is 30.4. The van der Waals surface area contributed by atoms with Crippen LogP contribution in [0.3, 0.4) is 0 Å². The number of para-hydroxylation sites is 1. The Morgan fingerprint density at radius 3 is 2.42 bits per heavy atom. The lowest BCUT2D eigenvalue weighted by atomic mass is 9.96. The third-order valence-electron chi connectivity index (χ3n) is 7.94. The lowest BCUT2D eigenvalue weighted by Crippen LogP contribution is -2.39. The van der Waals surface area contributed by atoms with E-state index in [0.29, 0.717) is 12.1 Å². The van der Waals surface area contributed by atoms with Gasteiger partial charge in [0.05, 0.1) is 22.3 Å². The van der Waals surface area contributed by atoms with E-state index in [9.17, 15) is 9.59 Å². The van der Waals surface area contributed by atoms with Gasteiger partial charge in [0, 0.05) is 19.0 Å². The van der Waals surface area contributed by atoms with Gasteiger partial charge in [-0.2, -0.15) is 0 Å². The fourth-order valence-electron chi connectivity index (χ4n) is 5.84. The molecule has 2 N–H and O–H groups in total. The van der Waals surface area contributed by atoms with Gasteiger partial charge in [0.25, 0.3) is 0 Å². The summed E-state index contributed by atoms with van der Waals surface area (Å²) in [5.74, 6) is 0.684. The molecule has 1 heterocycles. The third-order valence-corrected chi connectivity index (χ3v) is 7.94. The molecule has 0 spiro atoms. The minimum atomic E-state index is -0.568. The predicted octanol–water partition coefficient (Wildman–Crippen LogP) is 8.50. The van der Waals surface area contributed by atoms with Crippen LogP contribution in [-0.2, 0) is 17.7 Å². The molecule has 2 amide bonds. The Hall–Kier alpha value is -4.13. The molecular weight excluding hydrogens is 536 g/mol. The minimum absolute atomic E-state index is 0.157. The molecule has 0 atom stereocenters. The molecule has 3 aromatic carbocycles. The number of fused-ring (bicyclic) bond motifs is 1. The number of urea groups is 1. The van der Waals surface area contributed by atoms with Crippen LogP contribution in [0.25, 0.3) is 22.2 Å². The number of hydrogen-bond donors (Lipinski definition) is 2. The summed E-state index contributed by atoms with van der Waals surface area (Å²) < 4.78 is 7.90. The largest absolute Gasteiger partial charge is 0.456 e. The van der Waals surface area contributed by atoms with Crippen molar-refractivity contribution in [3.05, 3.63) is 83.7 Å². The highest BCUT2D eigenvalue weighted by Gasteiger charge is 2.22. The van der Waals surface area contributed by atoms with Crippen LogP contribution in [0.1, 0.15) is 94.4 Å². The van der Waals surface area contributed by atoms with Crippen molar-refractivity contribution in [2.24, 2.45) is 0 Å². The fraction of sp³-hybridized carbons (Fsp3) is 0.417. The van der Waals surface area contributed by atoms with E-state index in [1.807, 2.05) is 63.2 Å². The number of carbonyl (C=O) groups is 2. The number of anilines is 1. The monoisotopic (exact) mass is 580 g/mol. The number of esters is 1. The summed E-state index contributed by atoms with van der Waals surface area (Å²) in [7, 11) is 0. The van der Waals surface area contributed by atoms with Crippen LogP contribution < -0.4 is 10.6 Å². The summed E-state index contributed by atoms with van der Waals surface area (Å²) in [6.07, 6.45) is 8.62. The van der Waals surface area contributed by atoms with E-state index in [0.717, 1.165) is 71.3 Å². The van der Waals surface area contributed by atoms with E-state index in [-0.39, 0.29) is 18.0 Å². The third kappa shape index (κ3) is 7.64. The smallest absolute Gasteiger partial charge is 0.339 e. The van der Waals surface area contributed by atoms with Gasteiger partial charge in [0.15, 0.2) is 0 Å². The summed E-state index contributed by atoms with van der Waals surface area (Å²) in [6, 6.07) is 21.9. The molecule has 4 aromatic rings. The van der Waals surface area contributed by atoms with Crippen LogP contribution in [0.4, 0.5) is 10.5 Å². The fourth-order valence-corrected chi connectivity index (χ4v) is 5.84. The molecule has 1 saturated carbocycles. The van der Waals surface area contributed by atoms with Crippen LogP contribution >= 0.6 is 0 Å². The number of amides is 2.